The molecule has 0 amide bonds. The fraction of sp³-hybridized carbons (Fsp3) is 0.333. The van der Waals surface area contributed by atoms with Gasteiger partial charge in [0.05, 0.1) is 18.7 Å². The molecule has 3 aromatic rings. The van der Waals surface area contributed by atoms with Crippen molar-refractivity contribution >= 4 is 0 Å². The van der Waals surface area contributed by atoms with Gasteiger partial charge in [0.25, 0.3) is 0 Å². The predicted octanol–water partition coefficient (Wildman–Crippen LogP) is 1.95. The van der Waals surface area contributed by atoms with Crippen molar-refractivity contribution < 1.29 is 4.74 Å². The highest BCUT2D eigenvalue weighted by molar-refractivity contribution is 5.61. The van der Waals surface area contributed by atoms with E-state index in [9.17, 15) is 0 Å². The average Bonchev–Trinajstić information content (AvgIpc) is 3.36. The summed E-state index contributed by atoms with van der Waals surface area (Å²) in [6, 6.07) is 10.6. The minimum Gasteiger partial charge on any atom is -0.378 e. The molecular formula is C18H21N5O. The maximum atomic E-state index is 5.63. The van der Waals surface area contributed by atoms with Crippen LogP contribution in [0.1, 0.15) is 11.6 Å². The Balaban J connectivity index is 1.71. The minimum absolute atomic E-state index is 0.163. The lowest BCUT2D eigenvalue weighted by Crippen LogP contribution is -2.24. The summed E-state index contributed by atoms with van der Waals surface area (Å²) in [5, 5.41) is 7.72. The van der Waals surface area contributed by atoms with Crippen LogP contribution in [-0.2, 0) is 11.3 Å². The Morgan fingerprint density at radius 2 is 2.08 bits per heavy atom. The van der Waals surface area contributed by atoms with Gasteiger partial charge in [-0.3, -0.25) is 4.68 Å². The smallest absolute Gasteiger partial charge is 0.140 e. The van der Waals surface area contributed by atoms with Gasteiger partial charge in [-0.15, -0.1) is 0 Å². The summed E-state index contributed by atoms with van der Waals surface area (Å²) in [6.07, 6.45) is 7.85. The van der Waals surface area contributed by atoms with Crippen molar-refractivity contribution in [3.05, 3.63) is 60.7 Å². The van der Waals surface area contributed by atoms with Crippen molar-refractivity contribution in [2.45, 2.75) is 18.7 Å². The largest absolute Gasteiger partial charge is 0.378 e. The van der Waals surface area contributed by atoms with E-state index in [1.807, 2.05) is 29.3 Å². The van der Waals surface area contributed by atoms with E-state index in [4.69, 9.17) is 4.74 Å². The predicted molar refractivity (Wildman–Crippen MR) is 91.7 cm³/mol. The molecule has 2 atom stereocenters. The number of aromatic nitrogens is 4. The van der Waals surface area contributed by atoms with E-state index in [1.165, 1.54) is 5.56 Å². The first-order valence-corrected chi connectivity index (χ1v) is 8.19. The molecule has 1 saturated heterocycles. The van der Waals surface area contributed by atoms with Crippen molar-refractivity contribution in [2.24, 2.45) is 0 Å². The molecule has 0 bridgehead atoms. The molecular weight excluding hydrogens is 302 g/mol. The first-order chi connectivity index (χ1) is 11.9. The molecule has 1 aliphatic rings. The standard InChI is InChI=1S/C18H21N5O/c1-24-17-12-19-11-16(17)23-10-8-20-18(23)15-6-3-2-5-14(15)13-22-9-4-7-21-22/h2-10,16-17,19H,11-13H2,1H3/t16-,17-/m0/s1. The lowest BCUT2D eigenvalue weighted by atomic mass is 10.1. The van der Waals surface area contributed by atoms with Crippen LogP contribution in [-0.4, -0.2) is 45.6 Å². The van der Waals surface area contributed by atoms with E-state index >= 15 is 0 Å². The van der Waals surface area contributed by atoms with E-state index in [0.29, 0.717) is 0 Å². The third-order valence-corrected chi connectivity index (χ3v) is 4.61. The maximum absolute atomic E-state index is 5.63. The fourth-order valence-electron chi connectivity index (χ4n) is 3.39. The highest BCUT2D eigenvalue weighted by Crippen LogP contribution is 2.28. The molecule has 4 rings (SSSR count). The molecule has 1 aromatic carbocycles. The molecule has 1 aliphatic heterocycles. The number of rotatable bonds is 5. The average molecular weight is 323 g/mol. The first kappa shape index (κ1) is 15.1. The molecule has 3 heterocycles. The summed E-state index contributed by atoms with van der Waals surface area (Å²) in [7, 11) is 1.77. The van der Waals surface area contributed by atoms with Gasteiger partial charge < -0.3 is 14.6 Å². The Morgan fingerprint density at radius 1 is 1.17 bits per heavy atom. The molecule has 0 aliphatic carbocycles. The second-order valence-corrected chi connectivity index (χ2v) is 6.02. The number of hydrogen-bond acceptors (Lipinski definition) is 4. The SMILES string of the molecule is CO[C@H]1CNC[C@@H]1n1ccnc1-c1ccccc1Cn1cccn1. The molecule has 24 heavy (non-hydrogen) atoms. The Bertz CT molecular complexity index is 795. The van der Waals surface area contributed by atoms with E-state index < -0.39 is 0 Å². The lowest BCUT2D eigenvalue weighted by Gasteiger charge is -2.21. The van der Waals surface area contributed by atoms with Gasteiger partial charge in [0.1, 0.15) is 5.82 Å². The second-order valence-electron chi connectivity index (χ2n) is 6.02. The van der Waals surface area contributed by atoms with Gasteiger partial charge in [0.15, 0.2) is 0 Å². The number of benzene rings is 1. The van der Waals surface area contributed by atoms with E-state index in [0.717, 1.165) is 31.0 Å². The summed E-state index contributed by atoms with van der Waals surface area (Å²) in [5.74, 6) is 0.980. The van der Waals surface area contributed by atoms with Crippen LogP contribution in [0.25, 0.3) is 11.4 Å². The van der Waals surface area contributed by atoms with Gasteiger partial charge in [-0.1, -0.05) is 24.3 Å². The van der Waals surface area contributed by atoms with Crippen LogP contribution in [0.2, 0.25) is 0 Å². The zero-order valence-electron chi connectivity index (χ0n) is 13.7. The zero-order chi connectivity index (χ0) is 16.4. The normalized spacial score (nSPS) is 20.5. The summed E-state index contributed by atoms with van der Waals surface area (Å²) in [5.41, 5.74) is 2.34. The van der Waals surface area contributed by atoms with E-state index in [-0.39, 0.29) is 12.1 Å². The van der Waals surface area contributed by atoms with Gasteiger partial charge in [-0.05, 0) is 11.6 Å². The van der Waals surface area contributed by atoms with Crippen molar-refractivity contribution in [1.29, 1.82) is 0 Å². The molecule has 0 unspecified atom stereocenters. The molecule has 0 radical (unpaired) electrons. The quantitative estimate of drug-likeness (QED) is 0.780. The molecule has 1 N–H and O–H groups in total. The van der Waals surface area contributed by atoms with Gasteiger partial charge in [0.2, 0.25) is 0 Å². The third kappa shape index (κ3) is 2.74. The number of methoxy groups -OCH3 is 1. The van der Waals surface area contributed by atoms with Crippen LogP contribution in [0.15, 0.2) is 55.1 Å². The van der Waals surface area contributed by atoms with Crippen molar-refractivity contribution in [1.82, 2.24) is 24.6 Å². The summed E-state index contributed by atoms with van der Waals surface area (Å²) < 4.78 is 9.79. The Kier molecular flexibility index (Phi) is 4.15. The molecule has 0 saturated carbocycles. The van der Waals surface area contributed by atoms with Crippen molar-refractivity contribution in [2.75, 3.05) is 20.2 Å². The van der Waals surface area contributed by atoms with Crippen LogP contribution in [0.4, 0.5) is 0 Å². The number of hydrogen-bond donors (Lipinski definition) is 1. The Hall–Kier alpha value is -2.44. The van der Waals surface area contributed by atoms with Gasteiger partial charge >= 0.3 is 0 Å². The summed E-state index contributed by atoms with van der Waals surface area (Å²) >= 11 is 0. The molecule has 1 fully saturated rings. The highest BCUT2D eigenvalue weighted by atomic mass is 16.5. The number of imidazole rings is 1. The van der Waals surface area contributed by atoms with Crippen LogP contribution in [0, 0.1) is 0 Å². The first-order valence-electron chi connectivity index (χ1n) is 8.19. The Morgan fingerprint density at radius 3 is 2.92 bits per heavy atom. The molecule has 6 nitrogen and oxygen atoms in total. The molecule has 124 valence electrons. The zero-order valence-corrected chi connectivity index (χ0v) is 13.7. The fourth-order valence-corrected chi connectivity index (χ4v) is 3.39. The number of nitrogens with one attached hydrogen (secondary N) is 1. The number of nitrogens with zero attached hydrogens (tertiary/aromatic N) is 4. The van der Waals surface area contributed by atoms with Crippen LogP contribution >= 0.6 is 0 Å². The van der Waals surface area contributed by atoms with E-state index in [1.54, 1.807) is 13.3 Å². The minimum atomic E-state index is 0.163. The number of ether oxygens (including phenoxy) is 1. The summed E-state index contributed by atoms with van der Waals surface area (Å²) in [6.45, 7) is 2.49. The lowest BCUT2D eigenvalue weighted by molar-refractivity contribution is 0.0871. The molecule has 2 aromatic heterocycles. The van der Waals surface area contributed by atoms with E-state index in [2.05, 4.69) is 44.2 Å². The van der Waals surface area contributed by atoms with Crippen LogP contribution < -0.4 is 5.32 Å². The Labute approximate surface area is 141 Å². The second kappa shape index (κ2) is 6.59. The van der Waals surface area contributed by atoms with Crippen molar-refractivity contribution in [3.8, 4) is 11.4 Å². The van der Waals surface area contributed by atoms with Crippen LogP contribution in [0.3, 0.4) is 0 Å². The van der Waals surface area contributed by atoms with Gasteiger partial charge in [-0.2, -0.15) is 5.10 Å². The maximum Gasteiger partial charge on any atom is 0.140 e. The van der Waals surface area contributed by atoms with Gasteiger partial charge in [-0.25, -0.2) is 4.98 Å². The summed E-state index contributed by atoms with van der Waals surface area (Å²) in [4.78, 5) is 4.64. The third-order valence-electron chi connectivity index (χ3n) is 4.61. The van der Waals surface area contributed by atoms with Crippen LogP contribution in [0.5, 0.6) is 0 Å². The molecule has 6 heteroatoms. The van der Waals surface area contributed by atoms with Gasteiger partial charge in [0, 0.05) is 50.6 Å². The molecule has 0 spiro atoms. The highest BCUT2D eigenvalue weighted by Gasteiger charge is 2.30. The monoisotopic (exact) mass is 323 g/mol. The van der Waals surface area contributed by atoms with Crippen molar-refractivity contribution in [3.63, 3.8) is 0 Å². The topological polar surface area (TPSA) is 56.9 Å².